The summed E-state index contributed by atoms with van der Waals surface area (Å²) in [4.78, 5) is 40.4. The third-order valence-corrected chi connectivity index (χ3v) is 4.43. The predicted molar refractivity (Wildman–Crippen MR) is 115 cm³/mol. The van der Waals surface area contributed by atoms with E-state index in [9.17, 15) is 14.4 Å². The van der Waals surface area contributed by atoms with E-state index in [1.54, 1.807) is 0 Å². The van der Waals surface area contributed by atoms with E-state index in [4.69, 9.17) is 23.7 Å². The lowest BCUT2D eigenvalue weighted by molar-refractivity contribution is -0.162. The summed E-state index contributed by atoms with van der Waals surface area (Å²) in [7, 11) is 1.39. The molecule has 32 heavy (non-hydrogen) atoms. The van der Waals surface area contributed by atoms with Crippen LogP contribution in [0.5, 0.6) is 11.5 Å². The van der Waals surface area contributed by atoms with Crippen molar-refractivity contribution in [3.05, 3.63) is 18.0 Å². The molecule has 1 N–H and O–H groups in total. The smallest absolute Gasteiger partial charge is 0.328 e. The first kappa shape index (κ1) is 27.2. The highest BCUT2D eigenvalue weighted by Gasteiger charge is 2.29. The topological polar surface area (TPSA) is 122 Å². The molecule has 0 aliphatic heterocycles. The lowest BCUT2D eigenvalue weighted by atomic mass is 10.0. The zero-order valence-electron chi connectivity index (χ0n) is 19.8. The molecule has 0 fully saturated rings. The summed E-state index contributed by atoms with van der Waals surface area (Å²) in [6.07, 6.45) is 1.45. The summed E-state index contributed by atoms with van der Waals surface area (Å²) in [5.74, 6) is -1.61. The first-order chi connectivity index (χ1) is 15.1. The number of amides is 1. The molecule has 0 saturated heterocycles. The number of carbonyl (C=O) groups excluding carboxylic acids is 3. The van der Waals surface area contributed by atoms with E-state index < -0.39 is 36.8 Å². The quantitative estimate of drug-likeness (QED) is 0.354. The van der Waals surface area contributed by atoms with Crippen molar-refractivity contribution in [3.63, 3.8) is 0 Å². The molecule has 1 heterocycles. The molecule has 0 radical (unpaired) electrons. The molecule has 0 unspecified atom stereocenters. The highest BCUT2D eigenvalue weighted by Crippen LogP contribution is 2.29. The zero-order valence-corrected chi connectivity index (χ0v) is 19.8. The van der Waals surface area contributed by atoms with Crippen LogP contribution in [-0.2, 0) is 23.8 Å². The van der Waals surface area contributed by atoms with E-state index in [-0.39, 0.29) is 29.2 Å². The van der Waals surface area contributed by atoms with Gasteiger partial charge in [0.2, 0.25) is 6.79 Å². The van der Waals surface area contributed by atoms with Crippen LogP contribution < -0.4 is 14.8 Å². The molecule has 1 aromatic rings. The Balaban J connectivity index is 2.89. The monoisotopic (exact) mass is 454 g/mol. The molecule has 10 nitrogen and oxygen atoms in total. The van der Waals surface area contributed by atoms with Crippen molar-refractivity contribution >= 4 is 17.8 Å². The van der Waals surface area contributed by atoms with Crippen molar-refractivity contribution in [2.75, 3.05) is 20.5 Å². The second kappa shape index (κ2) is 13.5. The standard InChI is InChI=1S/C22H34N2O8/c1-8-11-29-15(5)19(13(2)3)32-22(27)14(4)24-21(26)18-20(31-12-30-16(6)25)17(28-7)9-10-23-18/h9-10,13-15,19H,8,11-12H2,1-7H3,(H,24,26)/t14-,15-,19+/m0/s1. The number of carbonyl (C=O) groups is 3. The van der Waals surface area contributed by atoms with Gasteiger partial charge in [-0.05, 0) is 26.2 Å². The number of aromatic nitrogens is 1. The number of pyridine rings is 1. The van der Waals surface area contributed by atoms with Gasteiger partial charge in [0, 0.05) is 25.8 Å². The Morgan fingerprint density at radius 3 is 2.41 bits per heavy atom. The molecule has 0 bridgehead atoms. The number of rotatable bonds is 13. The molecule has 0 spiro atoms. The average Bonchev–Trinajstić information content (AvgIpc) is 2.74. The Kier molecular flexibility index (Phi) is 11.5. The molecule has 3 atom stereocenters. The number of esters is 2. The number of ether oxygens (including phenoxy) is 5. The molecule has 1 amide bonds. The summed E-state index contributed by atoms with van der Waals surface area (Å²) in [6.45, 7) is 10.6. The van der Waals surface area contributed by atoms with Crippen LogP contribution in [0.25, 0.3) is 0 Å². The van der Waals surface area contributed by atoms with Gasteiger partial charge in [-0.3, -0.25) is 9.59 Å². The van der Waals surface area contributed by atoms with Crippen molar-refractivity contribution in [2.45, 2.75) is 66.2 Å². The first-order valence-electron chi connectivity index (χ1n) is 10.5. The van der Waals surface area contributed by atoms with Gasteiger partial charge in [-0.25, -0.2) is 9.78 Å². The van der Waals surface area contributed by atoms with Crippen molar-refractivity contribution < 1.29 is 38.1 Å². The van der Waals surface area contributed by atoms with Crippen LogP contribution in [0, 0.1) is 5.92 Å². The van der Waals surface area contributed by atoms with Crippen LogP contribution in [0.4, 0.5) is 0 Å². The predicted octanol–water partition coefficient (Wildman–Crippen LogP) is 2.49. The normalized spacial score (nSPS) is 13.6. The molecular formula is C22H34N2O8. The van der Waals surface area contributed by atoms with E-state index in [0.29, 0.717) is 6.61 Å². The van der Waals surface area contributed by atoms with E-state index in [1.165, 1.54) is 33.2 Å². The van der Waals surface area contributed by atoms with E-state index in [2.05, 4.69) is 10.3 Å². The van der Waals surface area contributed by atoms with Gasteiger partial charge < -0.3 is 29.0 Å². The largest absolute Gasteiger partial charge is 0.493 e. The van der Waals surface area contributed by atoms with Gasteiger partial charge in [-0.2, -0.15) is 0 Å². The fourth-order valence-corrected chi connectivity index (χ4v) is 2.80. The summed E-state index contributed by atoms with van der Waals surface area (Å²) >= 11 is 0. The SMILES string of the molecule is CCCO[C@@H](C)[C@H](OC(=O)[C@H](C)NC(=O)c1nccc(OC)c1OCOC(C)=O)C(C)C. The highest BCUT2D eigenvalue weighted by molar-refractivity contribution is 5.98. The Bertz CT molecular complexity index is 768. The van der Waals surface area contributed by atoms with Crippen LogP contribution in [-0.4, -0.2) is 61.6 Å². The first-order valence-corrected chi connectivity index (χ1v) is 10.5. The van der Waals surface area contributed by atoms with Crippen LogP contribution in [0.15, 0.2) is 12.3 Å². The maximum Gasteiger partial charge on any atom is 0.328 e. The van der Waals surface area contributed by atoms with Gasteiger partial charge in [0.1, 0.15) is 12.1 Å². The Hall–Kier alpha value is -2.88. The van der Waals surface area contributed by atoms with Gasteiger partial charge in [0.25, 0.3) is 5.91 Å². The fraction of sp³-hybridized carbons (Fsp3) is 0.636. The van der Waals surface area contributed by atoms with E-state index in [0.717, 1.165) is 6.42 Å². The summed E-state index contributed by atoms with van der Waals surface area (Å²) in [6, 6.07) is 0.527. The van der Waals surface area contributed by atoms with Crippen LogP contribution in [0.2, 0.25) is 0 Å². The molecular weight excluding hydrogens is 420 g/mol. The minimum absolute atomic E-state index is 0.0176. The Morgan fingerprint density at radius 2 is 1.84 bits per heavy atom. The number of hydrogen-bond donors (Lipinski definition) is 1. The molecule has 1 rings (SSSR count). The number of nitrogens with one attached hydrogen (secondary N) is 1. The van der Waals surface area contributed by atoms with Gasteiger partial charge in [-0.15, -0.1) is 0 Å². The third kappa shape index (κ3) is 8.33. The minimum atomic E-state index is -0.962. The average molecular weight is 455 g/mol. The number of hydrogen-bond acceptors (Lipinski definition) is 9. The van der Waals surface area contributed by atoms with Crippen molar-refractivity contribution in [2.24, 2.45) is 5.92 Å². The summed E-state index contributed by atoms with van der Waals surface area (Å²) < 4.78 is 26.6. The van der Waals surface area contributed by atoms with Crippen LogP contribution >= 0.6 is 0 Å². The number of methoxy groups -OCH3 is 1. The molecule has 1 aromatic heterocycles. The lowest BCUT2D eigenvalue weighted by Gasteiger charge is -2.28. The molecule has 180 valence electrons. The lowest BCUT2D eigenvalue weighted by Crippen LogP contribution is -2.44. The minimum Gasteiger partial charge on any atom is -0.493 e. The molecule has 10 heteroatoms. The summed E-state index contributed by atoms with van der Waals surface area (Å²) in [5, 5.41) is 2.55. The Labute approximate surface area is 188 Å². The molecule has 0 aliphatic carbocycles. The Morgan fingerprint density at radius 1 is 1.16 bits per heavy atom. The maximum absolute atomic E-state index is 12.8. The van der Waals surface area contributed by atoms with Crippen molar-refractivity contribution in [1.82, 2.24) is 10.3 Å². The fourth-order valence-electron chi connectivity index (χ4n) is 2.80. The molecule has 0 aliphatic rings. The van der Waals surface area contributed by atoms with Gasteiger partial charge in [-0.1, -0.05) is 20.8 Å². The van der Waals surface area contributed by atoms with Crippen molar-refractivity contribution in [1.29, 1.82) is 0 Å². The second-order valence-electron chi connectivity index (χ2n) is 7.51. The van der Waals surface area contributed by atoms with Gasteiger partial charge in [0.05, 0.1) is 13.2 Å². The van der Waals surface area contributed by atoms with Crippen LogP contribution in [0.1, 0.15) is 58.5 Å². The maximum atomic E-state index is 12.8. The third-order valence-electron chi connectivity index (χ3n) is 4.43. The van der Waals surface area contributed by atoms with Gasteiger partial charge >= 0.3 is 11.9 Å². The summed E-state index contributed by atoms with van der Waals surface area (Å²) in [5.41, 5.74) is -0.129. The van der Waals surface area contributed by atoms with Gasteiger partial charge in [0.15, 0.2) is 17.2 Å². The zero-order chi connectivity index (χ0) is 24.3. The number of nitrogens with zero attached hydrogens (tertiary/aromatic N) is 1. The second-order valence-corrected chi connectivity index (χ2v) is 7.51. The van der Waals surface area contributed by atoms with E-state index in [1.807, 2.05) is 27.7 Å². The van der Waals surface area contributed by atoms with Crippen molar-refractivity contribution in [3.8, 4) is 11.5 Å². The highest BCUT2D eigenvalue weighted by atomic mass is 16.7. The van der Waals surface area contributed by atoms with E-state index >= 15 is 0 Å². The molecule has 0 aromatic carbocycles. The van der Waals surface area contributed by atoms with Crippen LogP contribution in [0.3, 0.4) is 0 Å². The molecule has 0 saturated carbocycles.